The first-order valence-corrected chi connectivity index (χ1v) is 11.0. The Balaban J connectivity index is 1.54. The fraction of sp³-hybridized carbons (Fsp3) is 0.0909. The lowest BCUT2D eigenvalue weighted by atomic mass is 10.2. The van der Waals surface area contributed by atoms with Crippen molar-refractivity contribution in [1.29, 1.82) is 0 Å². The van der Waals surface area contributed by atoms with E-state index in [1.54, 1.807) is 30.5 Å². The lowest BCUT2D eigenvalue weighted by Gasteiger charge is -2.10. The number of rotatable bonds is 8. The summed E-state index contributed by atoms with van der Waals surface area (Å²) in [7, 11) is 0. The molecular formula is C22H17Cl3N2O2S. The standard InChI is InChI=1S/C22H17Cl3N2O2S/c23-17-7-9-19(10-8-17)30-14-22(28)27-26-12-15-3-1-2-4-21(15)29-13-16-5-6-18(24)11-20(16)25/h1-12H,13-14H2,(H,27,28)/b26-12-. The molecule has 0 aromatic heterocycles. The zero-order valence-electron chi connectivity index (χ0n) is 15.6. The number of amides is 1. The van der Waals surface area contributed by atoms with E-state index >= 15 is 0 Å². The molecule has 3 rings (SSSR count). The van der Waals surface area contributed by atoms with Gasteiger partial charge >= 0.3 is 0 Å². The average Bonchev–Trinajstić information content (AvgIpc) is 2.73. The quantitative estimate of drug-likeness (QED) is 0.229. The van der Waals surface area contributed by atoms with Crippen molar-refractivity contribution in [3.05, 3.63) is 92.9 Å². The van der Waals surface area contributed by atoms with Crippen LogP contribution in [0, 0.1) is 0 Å². The van der Waals surface area contributed by atoms with Crippen LogP contribution in [0.4, 0.5) is 0 Å². The van der Waals surface area contributed by atoms with Gasteiger partial charge in [-0.05, 0) is 48.5 Å². The Kier molecular flexibility index (Phi) is 8.46. The predicted octanol–water partition coefficient (Wildman–Crippen LogP) is 6.47. The molecule has 1 N–H and O–H groups in total. The van der Waals surface area contributed by atoms with Gasteiger partial charge in [-0.1, -0.05) is 53.0 Å². The van der Waals surface area contributed by atoms with Crippen LogP contribution in [0.3, 0.4) is 0 Å². The van der Waals surface area contributed by atoms with Gasteiger partial charge in [-0.2, -0.15) is 5.10 Å². The summed E-state index contributed by atoms with van der Waals surface area (Å²) in [6.45, 7) is 0.283. The molecule has 0 aliphatic heterocycles. The Morgan fingerprint density at radius 1 is 1.00 bits per heavy atom. The molecule has 4 nitrogen and oxygen atoms in total. The Morgan fingerprint density at radius 2 is 1.73 bits per heavy atom. The van der Waals surface area contributed by atoms with Gasteiger partial charge in [-0.15, -0.1) is 11.8 Å². The maximum Gasteiger partial charge on any atom is 0.250 e. The summed E-state index contributed by atoms with van der Waals surface area (Å²) >= 11 is 19.4. The van der Waals surface area contributed by atoms with Gasteiger partial charge in [0, 0.05) is 31.1 Å². The van der Waals surface area contributed by atoms with Gasteiger partial charge in [0.25, 0.3) is 0 Å². The fourth-order valence-corrected chi connectivity index (χ4v) is 3.68. The number of hydrazone groups is 1. The topological polar surface area (TPSA) is 50.7 Å². The highest BCUT2D eigenvalue weighted by atomic mass is 35.5. The van der Waals surface area contributed by atoms with E-state index in [1.165, 1.54) is 11.8 Å². The van der Waals surface area contributed by atoms with Crippen molar-refractivity contribution in [2.45, 2.75) is 11.5 Å². The molecule has 0 saturated heterocycles. The molecule has 0 aliphatic carbocycles. The van der Waals surface area contributed by atoms with Gasteiger partial charge in [0.2, 0.25) is 5.91 Å². The molecule has 8 heteroatoms. The molecule has 0 unspecified atom stereocenters. The van der Waals surface area contributed by atoms with Crippen LogP contribution in [0.1, 0.15) is 11.1 Å². The number of hydrogen-bond donors (Lipinski definition) is 1. The summed E-state index contributed by atoms with van der Waals surface area (Å²) in [5.74, 6) is 0.654. The van der Waals surface area contributed by atoms with E-state index in [9.17, 15) is 4.79 Å². The van der Waals surface area contributed by atoms with Crippen molar-refractivity contribution in [1.82, 2.24) is 5.43 Å². The summed E-state index contributed by atoms with van der Waals surface area (Å²) in [5.41, 5.74) is 4.07. The van der Waals surface area contributed by atoms with Gasteiger partial charge in [0.1, 0.15) is 12.4 Å². The van der Waals surface area contributed by atoms with E-state index in [1.807, 2.05) is 42.5 Å². The van der Waals surface area contributed by atoms with E-state index in [4.69, 9.17) is 39.5 Å². The van der Waals surface area contributed by atoms with E-state index in [0.717, 1.165) is 16.0 Å². The average molecular weight is 480 g/mol. The second-order valence-corrected chi connectivity index (χ2v) is 8.43. The molecule has 0 heterocycles. The lowest BCUT2D eigenvalue weighted by Crippen LogP contribution is -2.19. The number of thioether (sulfide) groups is 1. The maximum atomic E-state index is 12.0. The molecule has 3 aromatic rings. The lowest BCUT2D eigenvalue weighted by molar-refractivity contribution is -0.118. The number of ether oxygens (including phenoxy) is 1. The molecule has 1 amide bonds. The molecular weight excluding hydrogens is 463 g/mol. The maximum absolute atomic E-state index is 12.0. The fourth-order valence-electron chi connectivity index (χ4n) is 2.40. The van der Waals surface area contributed by atoms with E-state index in [2.05, 4.69) is 10.5 Å². The molecule has 0 atom stereocenters. The molecule has 0 spiro atoms. The summed E-state index contributed by atoms with van der Waals surface area (Å²) in [4.78, 5) is 13.0. The molecule has 30 heavy (non-hydrogen) atoms. The van der Waals surface area contributed by atoms with Crippen molar-refractivity contribution in [2.24, 2.45) is 5.10 Å². The smallest absolute Gasteiger partial charge is 0.250 e. The molecule has 0 saturated carbocycles. The third kappa shape index (κ3) is 6.96. The van der Waals surface area contributed by atoms with Crippen LogP contribution >= 0.6 is 46.6 Å². The third-order valence-electron chi connectivity index (χ3n) is 3.89. The van der Waals surface area contributed by atoms with Crippen LogP contribution in [0.2, 0.25) is 15.1 Å². The van der Waals surface area contributed by atoms with Crippen molar-refractivity contribution < 1.29 is 9.53 Å². The van der Waals surface area contributed by atoms with Crippen LogP contribution < -0.4 is 10.2 Å². The zero-order valence-corrected chi connectivity index (χ0v) is 18.7. The van der Waals surface area contributed by atoms with E-state index in [0.29, 0.717) is 20.8 Å². The molecule has 0 aliphatic rings. The third-order valence-corrected chi connectivity index (χ3v) is 5.74. The minimum atomic E-state index is -0.211. The molecule has 0 radical (unpaired) electrons. The molecule has 154 valence electrons. The molecule has 0 fully saturated rings. The summed E-state index contributed by atoms with van der Waals surface area (Å²) < 4.78 is 5.87. The summed E-state index contributed by atoms with van der Waals surface area (Å²) in [6, 6.07) is 19.9. The minimum Gasteiger partial charge on any atom is -0.488 e. The number of carbonyl (C=O) groups is 1. The number of carbonyl (C=O) groups excluding carboxylic acids is 1. The van der Waals surface area contributed by atoms with Gasteiger partial charge in [-0.3, -0.25) is 4.79 Å². The number of para-hydroxylation sites is 1. The zero-order chi connectivity index (χ0) is 21.3. The largest absolute Gasteiger partial charge is 0.488 e. The van der Waals surface area contributed by atoms with Crippen LogP contribution in [0.25, 0.3) is 0 Å². The van der Waals surface area contributed by atoms with Crippen molar-refractivity contribution in [3.63, 3.8) is 0 Å². The Labute approximate surface area is 194 Å². The highest BCUT2D eigenvalue weighted by Crippen LogP contribution is 2.24. The van der Waals surface area contributed by atoms with Crippen molar-refractivity contribution >= 4 is 58.7 Å². The summed E-state index contributed by atoms with van der Waals surface area (Å²) in [5, 5.41) is 5.80. The van der Waals surface area contributed by atoms with Gasteiger partial charge in [-0.25, -0.2) is 5.43 Å². The van der Waals surface area contributed by atoms with Gasteiger partial charge in [0.15, 0.2) is 0 Å². The Bertz CT molecular complexity index is 1040. The predicted molar refractivity (Wildman–Crippen MR) is 125 cm³/mol. The molecule has 0 bridgehead atoms. The van der Waals surface area contributed by atoms with Crippen LogP contribution in [-0.4, -0.2) is 17.9 Å². The SMILES string of the molecule is O=C(CSc1ccc(Cl)cc1)N/N=C\c1ccccc1OCc1ccc(Cl)cc1Cl. The Morgan fingerprint density at radius 3 is 2.50 bits per heavy atom. The van der Waals surface area contributed by atoms with Crippen LogP contribution in [0.5, 0.6) is 5.75 Å². The van der Waals surface area contributed by atoms with E-state index in [-0.39, 0.29) is 18.3 Å². The second kappa shape index (κ2) is 11.3. The van der Waals surface area contributed by atoms with E-state index < -0.39 is 0 Å². The molecule has 3 aromatic carbocycles. The number of nitrogens with one attached hydrogen (secondary N) is 1. The number of halogens is 3. The number of hydrogen-bond acceptors (Lipinski definition) is 4. The number of benzene rings is 3. The van der Waals surface area contributed by atoms with Crippen LogP contribution in [0.15, 0.2) is 76.7 Å². The first kappa shape index (κ1) is 22.5. The van der Waals surface area contributed by atoms with Crippen LogP contribution in [-0.2, 0) is 11.4 Å². The normalized spacial score (nSPS) is 10.9. The monoisotopic (exact) mass is 478 g/mol. The number of nitrogens with zero attached hydrogens (tertiary/aromatic N) is 1. The Hall–Kier alpha value is -2.18. The highest BCUT2D eigenvalue weighted by molar-refractivity contribution is 8.00. The first-order chi connectivity index (χ1) is 14.5. The minimum absolute atomic E-state index is 0.211. The second-order valence-electron chi connectivity index (χ2n) is 6.10. The first-order valence-electron chi connectivity index (χ1n) is 8.87. The van der Waals surface area contributed by atoms with Gasteiger partial charge in [0.05, 0.1) is 12.0 Å². The van der Waals surface area contributed by atoms with Gasteiger partial charge < -0.3 is 4.74 Å². The highest BCUT2D eigenvalue weighted by Gasteiger charge is 2.06. The van der Waals surface area contributed by atoms with Crippen molar-refractivity contribution in [2.75, 3.05) is 5.75 Å². The summed E-state index contributed by atoms with van der Waals surface area (Å²) in [6.07, 6.45) is 1.55. The van der Waals surface area contributed by atoms with Crippen molar-refractivity contribution in [3.8, 4) is 5.75 Å².